The maximum Gasteiger partial charge on any atom is 0.310 e. The molecule has 26 heavy (non-hydrogen) atoms. The number of ketones is 1. The van der Waals surface area contributed by atoms with Crippen LogP contribution in [0.1, 0.15) is 28.4 Å². The number of esters is 1. The Kier molecular flexibility index (Phi) is 5.37. The summed E-state index contributed by atoms with van der Waals surface area (Å²) in [6, 6.07) is 12.6. The van der Waals surface area contributed by atoms with Gasteiger partial charge in [-0.25, -0.2) is 0 Å². The van der Waals surface area contributed by atoms with Gasteiger partial charge in [-0.3, -0.25) is 9.59 Å². The Hall–Kier alpha value is -3.08. The molecule has 0 radical (unpaired) electrons. The normalized spacial score (nSPS) is 10.7. The minimum absolute atomic E-state index is 0.0621. The molecule has 0 amide bonds. The third-order valence-electron chi connectivity index (χ3n) is 4.00. The lowest BCUT2D eigenvalue weighted by Gasteiger charge is -2.06. The minimum Gasteiger partial charge on any atom is -0.494 e. The lowest BCUT2D eigenvalue weighted by atomic mass is 10.1. The predicted octanol–water partition coefficient (Wildman–Crippen LogP) is 4.11. The Morgan fingerprint density at radius 1 is 1.08 bits per heavy atom. The fraction of sp³-hybridized carbons (Fsp3) is 0.238. The van der Waals surface area contributed by atoms with E-state index < -0.39 is 5.97 Å². The zero-order valence-corrected chi connectivity index (χ0v) is 14.8. The first-order valence-electron chi connectivity index (χ1n) is 8.45. The van der Waals surface area contributed by atoms with Crippen LogP contribution in [0.4, 0.5) is 0 Å². The molecular weight excluding hydrogens is 332 g/mol. The Morgan fingerprint density at radius 2 is 1.85 bits per heavy atom. The summed E-state index contributed by atoms with van der Waals surface area (Å²) < 4.78 is 15.9. The molecule has 134 valence electrons. The molecule has 3 aromatic rings. The van der Waals surface area contributed by atoms with Crippen molar-refractivity contribution in [3.05, 3.63) is 65.4 Å². The van der Waals surface area contributed by atoms with Gasteiger partial charge in [0.25, 0.3) is 0 Å². The summed E-state index contributed by atoms with van der Waals surface area (Å²) in [6.45, 7) is 4.14. The average molecular weight is 352 g/mol. The summed E-state index contributed by atoms with van der Waals surface area (Å²) in [7, 11) is 0. The number of rotatable bonds is 7. The number of furan rings is 1. The maximum atomic E-state index is 12.1. The summed E-state index contributed by atoms with van der Waals surface area (Å²) in [6.07, 6.45) is 1.62. The van der Waals surface area contributed by atoms with Crippen molar-refractivity contribution in [3.8, 4) is 5.75 Å². The van der Waals surface area contributed by atoms with E-state index in [1.54, 1.807) is 30.5 Å². The van der Waals surface area contributed by atoms with Crippen LogP contribution in [-0.2, 0) is 16.0 Å². The van der Waals surface area contributed by atoms with Crippen LogP contribution in [0, 0.1) is 6.92 Å². The second-order valence-corrected chi connectivity index (χ2v) is 5.98. The van der Waals surface area contributed by atoms with Gasteiger partial charge in [0.2, 0.25) is 0 Å². The summed E-state index contributed by atoms with van der Waals surface area (Å²) in [5, 5.41) is 0.880. The van der Waals surface area contributed by atoms with Crippen LogP contribution in [0.15, 0.2) is 53.1 Å². The first kappa shape index (κ1) is 17.7. The minimum atomic E-state index is -0.465. The van der Waals surface area contributed by atoms with E-state index in [2.05, 4.69) is 0 Å². The maximum absolute atomic E-state index is 12.1. The topological polar surface area (TPSA) is 65.7 Å². The van der Waals surface area contributed by atoms with Crippen LogP contribution in [0.25, 0.3) is 11.0 Å². The molecule has 1 heterocycles. The van der Waals surface area contributed by atoms with Crippen molar-refractivity contribution < 1.29 is 23.5 Å². The molecule has 1 aromatic heterocycles. The molecule has 0 spiro atoms. The van der Waals surface area contributed by atoms with E-state index in [1.807, 2.05) is 32.0 Å². The molecule has 5 nitrogen and oxygen atoms in total. The van der Waals surface area contributed by atoms with E-state index in [4.69, 9.17) is 13.9 Å². The molecule has 0 aliphatic rings. The van der Waals surface area contributed by atoms with Gasteiger partial charge in [-0.05, 0) is 49.7 Å². The standard InChI is InChI=1S/C21H20O5/c1-3-24-17-7-5-15(6-8-17)19(22)13-26-21(23)11-16-12-25-20-10-14(2)4-9-18(16)20/h4-10,12H,3,11,13H2,1-2H3. The second kappa shape index (κ2) is 7.87. The fourth-order valence-corrected chi connectivity index (χ4v) is 2.67. The molecule has 0 bridgehead atoms. The number of fused-ring (bicyclic) bond motifs is 1. The molecule has 0 saturated carbocycles. The molecular formula is C21H20O5. The molecule has 0 N–H and O–H groups in total. The second-order valence-electron chi connectivity index (χ2n) is 5.98. The van der Waals surface area contributed by atoms with Crippen molar-refractivity contribution in [1.82, 2.24) is 0 Å². The van der Waals surface area contributed by atoms with Crippen molar-refractivity contribution in [2.45, 2.75) is 20.3 Å². The van der Waals surface area contributed by atoms with Gasteiger partial charge in [-0.15, -0.1) is 0 Å². The quantitative estimate of drug-likeness (QED) is 0.473. The number of carbonyl (C=O) groups excluding carboxylic acids is 2. The predicted molar refractivity (Wildman–Crippen MR) is 97.6 cm³/mol. The van der Waals surface area contributed by atoms with E-state index in [0.29, 0.717) is 17.9 Å². The van der Waals surface area contributed by atoms with E-state index >= 15 is 0 Å². The third kappa shape index (κ3) is 4.11. The largest absolute Gasteiger partial charge is 0.494 e. The third-order valence-corrected chi connectivity index (χ3v) is 4.00. The molecule has 0 unspecified atom stereocenters. The number of carbonyl (C=O) groups is 2. The number of Topliss-reactive ketones (excluding diaryl/α,β-unsaturated/α-hetero) is 1. The Bertz CT molecular complexity index is 921. The van der Waals surface area contributed by atoms with E-state index in [0.717, 1.165) is 22.1 Å². The molecule has 5 heteroatoms. The Labute approximate surface area is 151 Å². The van der Waals surface area contributed by atoms with Gasteiger partial charge in [-0.2, -0.15) is 0 Å². The first-order valence-corrected chi connectivity index (χ1v) is 8.45. The van der Waals surface area contributed by atoms with Gasteiger partial charge in [0.1, 0.15) is 11.3 Å². The van der Waals surface area contributed by atoms with Gasteiger partial charge < -0.3 is 13.9 Å². The van der Waals surface area contributed by atoms with Crippen LogP contribution in [-0.4, -0.2) is 25.0 Å². The number of aryl methyl sites for hydroxylation is 1. The monoisotopic (exact) mass is 352 g/mol. The van der Waals surface area contributed by atoms with Gasteiger partial charge in [0.05, 0.1) is 19.3 Å². The summed E-state index contributed by atoms with van der Waals surface area (Å²) in [4.78, 5) is 24.2. The van der Waals surface area contributed by atoms with E-state index in [1.165, 1.54) is 0 Å². The van der Waals surface area contributed by atoms with Gasteiger partial charge in [0, 0.05) is 16.5 Å². The highest BCUT2D eigenvalue weighted by Crippen LogP contribution is 2.23. The smallest absolute Gasteiger partial charge is 0.310 e. The lowest BCUT2D eigenvalue weighted by molar-refractivity contribution is -0.141. The van der Waals surface area contributed by atoms with E-state index in [9.17, 15) is 9.59 Å². The molecule has 0 fully saturated rings. The molecule has 2 aromatic carbocycles. The SMILES string of the molecule is CCOc1ccc(C(=O)COC(=O)Cc2coc3cc(C)ccc23)cc1. The zero-order valence-electron chi connectivity index (χ0n) is 14.8. The molecule has 0 aliphatic heterocycles. The van der Waals surface area contributed by atoms with E-state index in [-0.39, 0.29) is 18.8 Å². The highest BCUT2D eigenvalue weighted by atomic mass is 16.5. The molecule has 0 atom stereocenters. The summed E-state index contributed by atoms with van der Waals surface area (Å²) in [5.41, 5.74) is 3.05. The van der Waals surface area contributed by atoms with Crippen LogP contribution in [0.3, 0.4) is 0 Å². The zero-order chi connectivity index (χ0) is 18.5. The molecule has 0 saturated heterocycles. The number of ether oxygens (including phenoxy) is 2. The van der Waals surface area contributed by atoms with Crippen molar-refractivity contribution in [3.63, 3.8) is 0 Å². The Morgan fingerprint density at radius 3 is 2.58 bits per heavy atom. The highest BCUT2D eigenvalue weighted by molar-refractivity contribution is 5.98. The average Bonchev–Trinajstić information content (AvgIpc) is 3.02. The number of hydrogen-bond acceptors (Lipinski definition) is 5. The highest BCUT2D eigenvalue weighted by Gasteiger charge is 2.14. The first-order chi connectivity index (χ1) is 12.6. The van der Waals surface area contributed by atoms with Crippen LogP contribution >= 0.6 is 0 Å². The van der Waals surface area contributed by atoms with Crippen molar-refractivity contribution in [2.24, 2.45) is 0 Å². The molecule has 3 rings (SSSR count). The van der Waals surface area contributed by atoms with Crippen molar-refractivity contribution in [2.75, 3.05) is 13.2 Å². The van der Waals surface area contributed by atoms with Crippen molar-refractivity contribution in [1.29, 1.82) is 0 Å². The van der Waals surface area contributed by atoms with Gasteiger partial charge in [0.15, 0.2) is 12.4 Å². The Balaban J connectivity index is 1.57. The lowest BCUT2D eigenvalue weighted by Crippen LogP contribution is -2.15. The summed E-state index contributed by atoms with van der Waals surface area (Å²) in [5.74, 6) is -0.0234. The van der Waals surface area contributed by atoms with Crippen LogP contribution in [0.2, 0.25) is 0 Å². The van der Waals surface area contributed by atoms with Crippen LogP contribution < -0.4 is 4.74 Å². The number of hydrogen-bond donors (Lipinski definition) is 0. The molecule has 0 aliphatic carbocycles. The van der Waals surface area contributed by atoms with Gasteiger partial charge in [-0.1, -0.05) is 12.1 Å². The fourth-order valence-electron chi connectivity index (χ4n) is 2.67. The number of benzene rings is 2. The van der Waals surface area contributed by atoms with Gasteiger partial charge >= 0.3 is 5.97 Å². The summed E-state index contributed by atoms with van der Waals surface area (Å²) >= 11 is 0. The van der Waals surface area contributed by atoms with Crippen molar-refractivity contribution >= 4 is 22.7 Å². The van der Waals surface area contributed by atoms with Crippen LogP contribution in [0.5, 0.6) is 5.75 Å².